The van der Waals surface area contributed by atoms with Gasteiger partial charge in [-0.15, -0.1) is 0 Å². The third-order valence-electron chi connectivity index (χ3n) is 4.51. The summed E-state index contributed by atoms with van der Waals surface area (Å²) in [5.74, 6) is 0.177. The van der Waals surface area contributed by atoms with Crippen molar-refractivity contribution in [1.82, 2.24) is 10.6 Å². The Labute approximate surface area is 126 Å². The zero-order valence-corrected chi connectivity index (χ0v) is 12.6. The van der Waals surface area contributed by atoms with Gasteiger partial charge in [0.2, 0.25) is 5.91 Å². The molecule has 2 aliphatic rings. The van der Waals surface area contributed by atoms with Crippen LogP contribution in [0.25, 0.3) is 0 Å². The highest BCUT2D eigenvalue weighted by molar-refractivity contribution is 5.81. The number of nitrogens with zero attached hydrogens (tertiary/aromatic N) is 1. The summed E-state index contributed by atoms with van der Waals surface area (Å²) in [5.41, 5.74) is 2.82. The van der Waals surface area contributed by atoms with Crippen molar-refractivity contribution in [2.24, 2.45) is 0 Å². The van der Waals surface area contributed by atoms with Crippen LogP contribution in [0.2, 0.25) is 0 Å². The standard InChI is InChI=1S/C17H25N3O/c21-17(15-7-3-4-10-18-15)19-11-5-12-20-13-9-14-6-1-2-8-16(14)20/h1-2,6,8,15,18H,3-5,7,9-13H2,(H,19,21). The molecule has 2 aliphatic heterocycles. The fourth-order valence-corrected chi connectivity index (χ4v) is 3.32. The highest BCUT2D eigenvalue weighted by atomic mass is 16.2. The van der Waals surface area contributed by atoms with Gasteiger partial charge in [0.1, 0.15) is 0 Å². The average Bonchev–Trinajstić information content (AvgIpc) is 2.95. The first-order valence-electron chi connectivity index (χ1n) is 8.18. The van der Waals surface area contributed by atoms with E-state index in [2.05, 4.69) is 39.8 Å². The Balaban J connectivity index is 1.38. The van der Waals surface area contributed by atoms with E-state index in [1.807, 2.05) is 0 Å². The summed E-state index contributed by atoms with van der Waals surface area (Å²) in [4.78, 5) is 14.4. The molecule has 1 fully saturated rings. The molecule has 1 atom stereocenters. The molecule has 4 nitrogen and oxygen atoms in total. The Kier molecular flexibility index (Phi) is 4.76. The summed E-state index contributed by atoms with van der Waals surface area (Å²) in [5, 5.41) is 6.36. The van der Waals surface area contributed by atoms with Crippen molar-refractivity contribution in [1.29, 1.82) is 0 Å². The van der Waals surface area contributed by atoms with Gasteiger partial charge in [0.25, 0.3) is 0 Å². The Morgan fingerprint density at radius 2 is 2.24 bits per heavy atom. The van der Waals surface area contributed by atoms with Gasteiger partial charge in [0, 0.05) is 25.3 Å². The van der Waals surface area contributed by atoms with Gasteiger partial charge in [0.15, 0.2) is 0 Å². The number of rotatable bonds is 5. The topological polar surface area (TPSA) is 44.4 Å². The van der Waals surface area contributed by atoms with E-state index >= 15 is 0 Å². The molecule has 1 saturated heterocycles. The molecule has 0 aromatic heterocycles. The van der Waals surface area contributed by atoms with E-state index in [4.69, 9.17) is 0 Å². The van der Waals surface area contributed by atoms with Gasteiger partial charge in [-0.3, -0.25) is 4.79 Å². The predicted molar refractivity (Wildman–Crippen MR) is 85.6 cm³/mol. The monoisotopic (exact) mass is 287 g/mol. The van der Waals surface area contributed by atoms with Gasteiger partial charge in [0.05, 0.1) is 6.04 Å². The minimum Gasteiger partial charge on any atom is -0.371 e. The fraction of sp³-hybridized carbons (Fsp3) is 0.588. The number of piperidine rings is 1. The maximum atomic E-state index is 12.0. The smallest absolute Gasteiger partial charge is 0.237 e. The Morgan fingerprint density at radius 3 is 3.10 bits per heavy atom. The van der Waals surface area contributed by atoms with Crippen molar-refractivity contribution in [3.05, 3.63) is 29.8 Å². The number of para-hydroxylation sites is 1. The molecule has 21 heavy (non-hydrogen) atoms. The van der Waals surface area contributed by atoms with E-state index in [0.717, 1.165) is 51.9 Å². The summed E-state index contributed by atoms with van der Waals surface area (Å²) in [6.07, 6.45) is 5.49. The van der Waals surface area contributed by atoms with Crippen LogP contribution < -0.4 is 15.5 Å². The van der Waals surface area contributed by atoms with E-state index < -0.39 is 0 Å². The highest BCUT2D eigenvalue weighted by Gasteiger charge is 2.20. The summed E-state index contributed by atoms with van der Waals surface area (Å²) in [6.45, 7) is 3.88. The molecule has 1 amide bonds. The van der Waals surface area contributed by atoms with Crippen molar-refractivity contribution >= 4 is 11.6 Å². The molecule has 0 radical (unpaired) electrons. The summed E-state index contributed by atoms with van der Waals surface area (Å²) in [7, 11) is 0. The second-order valence-electron chi connectivity index (χ2n) is 6.01. The van der Waals surface area contributed by atoms with E-state index in [9.17, 15) is 4.79 Å². The number of nitrogens with one attached hydrogen (secondary N) is 2. The minimum atomic E-state index is 0.0336. The molecule has 114 valence electrons. The number of hydrogen-bond donors (Lipinski definition) is 2. The molecule has 1 unspecified atom stereocenters. The molecule has 2 N–H and O–H groups in total. The zero-order chi connectivity index (χ0) is 14.5. The maximum Gasteiger partial charge on any atom is 0.237 e. The van der Waals surface area contributed by atoms with E-state index in [1.54, 1.807) is 0 Å². The number of hydrogen-bond acceptors (Lipinski definition) is 3. The van der Waals surface area contributed by atoms with E-state index in [1.165, 1.54) is 17.7 Å². The van der Waals surface area contributed by atoms with Crippen LogP contribution in [-0.4, -0.2) is 38.1 Å². The molecular formula is C17H25N3O. The van der Waals surface area contributed by atoms with Crippen molar-refractivity contribution in [3.8, 4) is 0 Å². The quantitative estimate of drug-likeness (QED) is 0.810. The summed E-state index contributed by atoms with van der Waals surface area (Å²) in [6, 6.07) is 8.66. The van der Waals surface area contributed by atoms with Crippen LogP contribution >= 0.6 is 0 Å². The van der Waals surface area contributed by atoms with Gasteiger partial charge in [-0.25, -0.2) is 0 Å². The molecule has 3 rings (SSSR count). The molecular weight excluding hydrogens is 262 g/mol. The molecule has 0 aliphatic carbocycles. The fourth-order valence-electron chi connectivity index (χ4n) is 3.32. The first kappa shape index (κ1) is 14.4. The van der Waals surface area contributed by atoms with Crippen molar-refractivity contribution in [2.75, 3.05) is 31.1 Å². The lowest BCUT2D eigenvalue weighted by molar-refractivity contribution is -0.123. The molecule has 2 heterocycles. The highest BCUT2D eigenvalue weighted by Crippen LogP contribution is 2.27. The second-order valence-corrected chi connectivity index (χ2v) is 6.01. The molecule has 0 saturated carbocycles. The number of fused-ring (bicyclic) bond motifs is 1. The SMILES string of the molecule is O=C(NCCCN1CCc2ccccc21)C1CCCCN1. The lowest BCUT2D eigenvalue weighted by atomic mass is 10.0. The molecule has 1 aromatic carbocycles. The van der Waals surface area contributed by atoms with E-state index in [-0.39, 0.29) is 11.9 Å². The number of carbonyl (C=O) groups is 1. The van der Waals surface area contributed by atoms with Gasteiger partial charge in [-0.05, 0) is 43.9 Å². The van der Waals surface area contributed by atoms with Crippen LogP contribution in [0, 0.1) is 0 Å². The van der Waals surface area contributed by atoms with Gasteiger partial charge in [-0.2, -0.15) is 0 Å². The number of carbonyl (C=O) groups excluding carboxylic acids is 1. The lowest BCUT2D eigenvalue weighted by Crippen LogP contribution is -2.47. The van der Waals surface area contributed by atoms with Crippen LogP contribution in [-0.2, 0) is 11.2 Å². The largest absolute Gasteiger partial charge is 0.371 e. The first-order chi connectivity index (χ1) is 10.3. The molecule has 4 heteroatoms. The number of amides is 1. The normalized spacial score (nSPS) is 21.1. The zero-order valence-electron chi connectivity index (χ0n) is 12.6. The van der Waals surface area contributed by atoms with E-state index in [0.29, 0.717) is 0 Å². The second kappa shape index (κ2) is 6.94. The average molecular weight is 287 g/mol. The van der Waals surface area contributed by atoms with Crippen molar-refractivity contribution in [3.63, 3.8) is 0 Å². The Hall–Kier alpha value is -1.55. The molecule has 1 aromatic rings. The van der Waals surface area contributed by atoms with Gasteiger partial charge >= 0.3 is 0 Å². The Morgan fingerprint density at radius 1 is 1.33 bits per heavy atom. The number of benzene rings is 1. The Bertz CT molecular complexity index is 483. The summed E-state index contributed by atoms with van der Waals surface area (Å²) >= 11 is 0. The van der Waals surface area contributed by atoms with Gasteiger partial charge in [-0.1, -0.05) is 24.6 Å². The minimum absolute atomic E-state index is 0.0336. The van der Waals surface area contributed by atoms with Crippen LogP contribution in [0.3, 0.4) is 0 Å². The number of anilines is 1. The third kappa shape index (κ3) is 3.56. The van der Waals surface area contributed by atoms with Crippen LogP contribution in [0.5, 0.6) is 0 Å². The van der Waals surface area contributed by atoms with Crippen molar-refractivity contribution in [2.45, 2.75) is 38.1 Å². The van der Waals surface area contributed by atoms with Crippen LogP contribution in [0.1, 0.15) is 31.2 Å². The van der Waals surface area contributed by atoms with Crippen molar-refractivity contribution < 1.29 is 4.79 Å². The first-order valence-corrected chi connectivity index (χ1v) is 8.18. The van der Waals surface area contributed by atoms with Crippen LogP contribution in [0.4, 0.5) is 5.69 Å². The molecule has 0 spiro atoms. The maximum absolute atomic E-state index is 12.0. The summed E-state index contributed by atoms with van der Waals surface area (Å²) < 4.78 is 0. The van der Waals surface area contributed by atoms with Crippen LogP contribution in [0.15, 0.2) is 24.3 Å². The predicted octanol–water partition coefficient (Wildman–Crippen LogP) is 1.70. The lowest BCUT2D eigenvalue weighted by Gasteiger charge is -2.23. The molecule has 0 bridgehead atoms. The van der Waals surface area contributed by atoms with Gasteiger partial charge < -0.3 is 15.5 Å². The third-order valence-corrected chi connectivity index (χ3v) is 4.51.